The van der Waals surface area contributed by atoms with Crippen molar-refractivity contribution < 1.29 is 32.6 Å². The number of nitrogens with one attached hydrogen (secondary N) is 2. The summed E-state index contributed by atoms with van der Waals surface area (Å²) in [6.45, 7) is 0. The smallest absolute Gasteiger partial charge is 0.437 e. The van der Waals surface area contributed by atoms with Crippen molar-refractivity contribution in [2.75, 3.05) is 0 Å². The molecule has 0 spiro atoms. The zero-order chi connectivity index (χ0) is 24.5. The fraction of sp³-hybridized carbons (Fsp3) is 0.167. The van der Waals surface area contributed by atoms with Gasteiger partial charge in [0.05, 0.1) is 6.04 Å². The van der Waals surface area contributed by atoms with Gasteiger partial charge in [-0.05, 0) is 54.1 Å². The Hall–Kier alpha value is -3.56. The SMILES string of the molecule is O=C1N[C@H](c2cccc(Oc3ccccc3)c2)[C@@H](C(=O)c2ccc(Cl)cc2)[C@@](O)(C(F)(F)F)N1. The summed E-state index contributed by atoms with van der Waals surface area (Å²) in [6, 6.07) is 17.0. The Morgan fingerprint density at radius 3 is 2.26 bits per heavy atom. The molecule has 1 aliphatic heterocycles. The van der Waals surface area contributed by atoms with Crippen LogP contribution in [0.5, 0.6) is 11.5 Å². The Kier molecular flexibility index (Phi) is 6.24. The van der Waals surface area contributed by atoms with Gasteiger partial charge in [0.15, 0.2) is 5.78 Å². The van der Waals surface area contributed by atoms with Crippen molar-refractivity contribution >= 4 is 23.4 Å². The van der Waals surface area contributed by atoms with Crippen molar-refractivity contribution in [1.29, 1.82) is 0 Å². The maximum Gasteiger partial charge on any atom is 0.437 e. The molecule has 34 heavy (non-hydrogen) atoms. The lowest BCUT2D eigenvalue weighted by molar-refractivity contribution is -0.287. The van der Waals surface area contributed by atoms with Crippen LogP contribution in [0.25, 0.3) is 0 Å². The van der Waals surface area contributed by atoms with E-state index < -0.39 is 35.7 Å². The van der Waals surface area contributed by atoms with Gasteiger partial charge < -0.3 is 20.5 Å². The highest BCUT2D eigenvalue weighted by Crippen LogP contribution is 2.44. The highest BCUT2D eigenvalue weighted by molar-refractivity contribution is 6.30. The molecule has 4 rings (SSSR count). The summed E-state index contributed by atoms with van der Waals surface area (Å²) in [6.07, 6.45) is -5.35. The number of carbonyl (C=O) groups is 2. The van der Waals surface area contributed by atoms with Crippen LogP contribution in [0.15, 0.2) is 78.9 Å². The van der Waals surface area contributed by atoms with E-state index in [1.165, 1.54) is 47.8 Å². The van der Waals surface area contributed by atoms with Gasteiger partial charge >= 0.3 is 12.2 Å². The summed E-state index contributed by atoms with van der Waals surface area (Å²) >= 11 is 5.83. The Labute approximate surface area is 197 Å². The first kappa shape index (κ1) is 23.6. The molecule has 0 unspecified atom stereocenters. The number of ketones is 1. The lowest BCUT2D eigenvalue weighted by atomic mass is 9.77. The molecule has 3 atom stereocenters. The molecule has 0 bridgehead atoms. The van der Waals surface area contributed by atoms with E-state index in [9.17, 15) is 27.9 Å². The van der Waals surface area contributed by atoms with Gasteiger partial charge in [0.25, 0.3) is 0 Å². The van der Waals surface area contributed by atoms with Crippen molar-refractivity contribution in [3.63, 3.8) is 0 Å². The van der Waals surface area contributed by atoms with Crippen LogP contribution in [0.2, 0.25) is 5.02 Å². The average molecular weight is 491 g/mol. The zero-order valence-corrected chi connectivity index (χ0v) is 18.1. The zero-order valence-electron chi connectivity index (χ0n) is 17.3. The Morgan fingerprint density at radius 1 is 0.971 bits per heavy atom. The van der Waals surface area contributed by atoms with E-state index >= 15 is 0 Å². The van der Waals surface area contributed by atoms with Crippen LogP contribution >= 0.6 is 11.6 Å². The van der Waals surface area contributed by atoms with Crippen molar-refractivity contribution in [1.82, 2.24) is 10.6 Å². The number of alkyl halides is 3. The number of aliphatic hydroxyl groups is 1. The number of rotatable bonds is 5. The Balaban J connectivity index is 1.78. The summed E-state index contributed by atoms with van der Waals surface area (Å²) in [7, 11) is 0. The molecule has 6 nitrogen and oxygen atoms in total. The maximum absolute atomic E-state index is 14.1. The number of hydrogen-bond acceptors (Lipinski definition) is 4. The molecule has 2 amide bonds. The van der Waals surface area contributed by atoms with Gasteiger partial charge in [0.2, 0.25) is 5.72 Å². The highest BCUT2D eigenvalue weighted by atomic mass is 35.5. The monoisotopic (exact) mass is 490 g/mol. The van der Waals surface area contributed by atoms with Crippen molar-refractivity contribution in [2.24, 2.45) is 5.92 Å². The third-order valence-electron chi connectivity index (χ3n) is 5.41. The summed E-state index contributed by atoms with van der Waals surface area (Å²) in [4.78, 5) is 25.5. The van der Waals surface area contributed by atoms with E-state index in [2.05, 4.69) is 5.32 Å². The number of ether oxygens (including phenoxy) is 1. The van der Waals surface area contributed by atoms with Crippen LogP contribution in [-0.2, 0) is 0 Å². The van der Waals surface area contributed by atoms with Gasteiger partial charge in [-0.25, -0.2) is 4.79 Å². The second-order valence-electron chi connectivity index (χ2n) is 7.68. The average Bonchev–Trinajstić information content (AvgIpc) is 2.79. The number of benzene rings is 3. The van der Waals surface area contributed by atoms with E-state index in [-0.39, 0.29) is 21.9 Å². The van der Waals surface area contributed by atoms with Crippen molar-refractivity contribution in [2.45, 2.75) is 17.9 Å². The van der Waals surface area contributed by atoms with Gasteiger partial charge in [0.1, 0.15) is 17.4 Å². The molecule has 0 saturated carbocycles. The molecule has 1 heterocycles. The fourth-order valence-electron chi connectivity index (χ4n) is 3.81. The van der Waals surface area contributed by atoms with Crippen LogP contribution in [0.3, 0.4) is 0 Å². The number of carbonyl (C=O) groups excluding carboxylic acids is 2. The van der Waals surface area contributed by atoms with Crippen LogP contribution in [-0.4, -0.2) is 28.8 Å². The first-order chi connectivity index (χ1) is 16.1. The van der Waals surface area contributed by atoms with Crippen molar-refractivity contribution in [3.8, 4) is 11.5 Å². The summed E-state index contributed by atoms with van der Waals surface area (Å²) in [5.41, 5.74) is -3.80. The first-order valence-electron chi connectivity index (χ1n) is 10.1. The van der Waals surface area contributed by atoms with Gasteiger partial charge in [-0.2, -0.15) is 13.2 Å². The van der Waals surface area contributed by atoms with Crippen LogP contribution in [0.1, 0.15) is 22.0 Å². The molecule has 1 fully saturated rings. The van der Waals surface area contributed by atoms with E-state index in [4.69, 9.17) is 16.3 Å². The van der Waals surface area contributed by atoms with Crippen molar-refractivity contribution in [3.05, 3.63) is 95.0 Å². The third kappa shape index (κ3) is 4.57. The number of Topliss-reactive ketones (excluding diaryl/α,β-unsaturated/α-hetero) is 1. The number of para-hydroxylation sites is 1. The molecular weight excluding hydrogens is 473 g/mol. The third-order valence-corrected chi connectivity index (χ3v) is 5.67. The van der Waals surface area contributed by atoms with Gasteiger partial charge in [-0.3, -0.25) is 4.79 Å². The largest absolute Gasteiger partial charge is 0.457 e. The maximum atomic E-state index is 14.1. The number of halogens is 4. The highest BCUT2D eigenvalue weighted by Gasteiger charge is 2.66. The van der Waals surface area contributed by atoms with Crippen LogP contribution < -0.4 is 15.4 Å². The minimum atomic E-state index is -5.35. The van der Waals surface area contributed by atoms with E-state index in [0.717, 1.165) is 0 Å². The molecule has 3 aromatic carbocycles. The van der Waals surface area contributed by atoms with Gasteiger partial charge in [-0.15, -0.1) is 0 Å². The topological polar surface area (TPSA) is 87.7 Å². The lowest BCUT2D eigenvalue weighted by Gasteiger charge is -2.45. The fourth-order valence-corrected chi connectivity index (χ4v) is 3.93. The van der Waals surface area contributed by atoms with E-state index in [0.29, 0.717) is 5.75 Å². The predicted octanol–water partition coefficient (Wildman–Crippen LogP) is 5.24. The molecule has 1 saturated heterocycles. The lowest BCUT2D eigenvalue weighted by Crippen LogP contribution is -2.72. The first-order valence-corrected chi connectivity index (χ1v) is 10.5. The normalized spacial score (nSPS) is 22.4. The molecule has 0 radical (unpaired) electrons. The molecule has 0 aliphatic carbocycles. The van der Waals surface area contributed by atoms with E-state index in [1.54, 1.807) is 36.4 Å². The second kappa shape index (κ2) is 9.00. The molecule has 10 heteroatoms. The van der Waals surface area contributed by atoms with E-state index in [1.807, 2.05) is 0 Å². The van der Waals surface area contributed by atoms with Gasteiger partial charge in [0, 0.05) is 10.6 Å². The Morgan fingerprint density at radius 2 is 1.62 bits per heavy atom. The molecule has 0 aromatic heterocycles. The quantitative estimate of drug-likeness (QED) is 0.427. The summed E-state index contributed by atoms with van der Waals surface area (Å²) in [5, 5.41) is 14.8. The predicted molar refractivity (Wildman–Crippen MR) is 118 cm³/mol. The molecule has 3 N–H and O–H groups in total. The molecule has 3 aromatic rings. The van der Waals surface area contributed by atoms with Crippen LogP contribution in [0.4, 0.5) is 18.0 Å². The molecular formula is C24H18ClF3N2O4. The Bertz CT molecular complexity index is 1200. The minimum absolute atomic E-state index is 0.114. The molecule has 1 aliphatic rings. The minimum Gasteiger partial charge on any atom is -0.457 e. The summed E-state index contributed by atoms with van der Waals surface area (Å²) < 4.78 is 47.9. The second-order valence-corrected chi connectivity index (χ2v) is 8.11. The molecule has 176 valence electrons. The van der Waals surface area contributed by atoms with Crippen LogP contribution in [0, 0.1) is 5.92 Å². The summed E-state index contributed by atoms with van der Waals surface area (Å²) in [5.74, 6) is -2.44. The van der Waals surface area contributed by atoms with Gasteiger partial charge in [-0.1, -0.05) is 41.9 Å². The standard InChI is InChI=1S/C24H18ClF3N2O4/c25-16-11-9-14(10-12-16)21(31)19-20(29-22(32)30-23(19,33)24(26,27)28)15-5-4-8-18(13-15)34-17-6-2-1-3-7-17/h1-13,19-20,33H,(H2,29,30,32)/t19-,20+,23+/m0/s1. The number of amides is 2. The number of hydrogen-bond donors (Lipinski definition) is 3. The number of urea groups is 1.